The van der Waals surface area contributed by atoms with E-state index >= 15 is 0 Å². The molecule has 0 bridgehead atoms. The van der Waals surface area contributed by atoms with E-state index in [0.29, 0.717) is 29.4 Å². The summed E-state index contributed by atoms with van der Waals surface area (Å²) in [5.74, 6) is 1.01. The third-order valence-corrected chi connectivity index (χ3v) is 5.50. The third kappa shape index (κ3) is 3.61. The first-order valence-corrected chi connectivity index (χ1v) is 9.35. The molecule has 4 rings (SSSR count). The number of anilines is 1. The molecule has 9 heteroatoms. The number of benzene rings is 1. The molecule has 5 N–H and O–H groups in total. The van der Waals surface area contributed by atoms with Crippen molar-refractivity contribution >= 4 is 28.3 Å². The van der Waals surface area contributed by atoms with Crippen molar-refractivity contribution in [2.75, 3.05) is 18.5 Å². The lowest BCUT2D eigenvalue weighted by Gasteiger charge is -2.31. The molecule has 1 aromatic carbocycles. The molecular weight excluding hydrogens is 374 g/mol. The van der Waals surface area contributed by atoms with Crippen LogP contribution in [-0.4, -0.2) is 68.0 Å². The van der Waals surface area contributed by atoms with Gasteiger partial charge in [-0.3, -0.25) is 0 Å². The minimum atomic E-state index is -1.15. The zero-order valence-corrected chi connectivity index (χ0v) is 15.3. The highest BCUT2D eigenvalue weighted by Crippen LogP contribution is 2.35. The monoisotopic (exact) mass is 395 g/mol. The van der Waals surface area contributed by atoms with Gasteiger partial charge in [-0.05, 0) is 48.1 Å². The second-order valence-electron chi connectivity index (χ2n) is 7.25. The van der Waals surface area contributed by atoms with Crippen LogP contribution in [0.1, 0.15) is 24.5 Å². The predicted molar refractivity (Wildman–Crippen MR) is 98.5 cm³/mol. The Hall–Kier alpha value is -1.55. The van der Waals surface area contributed by atoms with Crippen molar-refractivity contribution in [2.45, 2.75) is 43.4 Å². The Morgan fingerprint density at radius 2 is 1.93 bits per heavy atom. The Balaban J connectivity index is 1.59. The molecular formula is C18H22ClN3O5. The van der Waals surface area contributed by atoms with Gasteiger partial charge in [-0.2, -0.15) is 0 Å². The van der Waals surface area contributed by atoms with Gasteiger partial charge in [0.2, 0.25) is 5.28 Å². The fourth-order valence-corrected chi connectivity index (χ4v) is 3.89. The van der Waals surface area contributed by atoms with E-state index in [1.807, 2.05) is 6.07 Å². The lowest BCUT2D eigenvalue weighted by atomic mass is 9.82. The number of hydrogen-bond acceptors (Lipinski definition) is 8. The zero-order valence-electron chi connectivity index (χ0n) is 14.5. The standard InChI is InChI=1S/C18H22ClN3O5/c19-18-21-12-5-9(16-15(26)14(25)13(7-23)27-16)1-2-11(12)17(22-18)20-6-8-3-10(24)4-8/h1-2,5,8,10,13-16,23-26H,3-4,6-7H2,(H,20,21,22)/t8?,10?,13-,14-,15-,16+/m1/s1. The number of hydrogen-bond donors (Lipinski definition) is 5. The van der Waals surface area contributed by atoms with Crippen molar-refractivity contribution in [2.24, 2.45) is 5.92 Å². The number of aliphatic hydroxyl groups is 4. The minimum Gasteiger partial charge on any atom is -0.394 e. The van der Waals surface area contributed by atoms with Gasteiger partial charge in [0.15, 0.2) is 0 Å². The van der Waals surface area contributed by atoms with Crippen molar-refractivity contribution in [1.82, 2.24) is 9.97 Å². The summed E-state index contributed by atoms with van der Waals surface area (Å²) in [7, 11) is 0. The molecule has 0 spiro atoms. The van der Waals surface area contributed by atoms with Gasteiger partial charge in [-0.1, -0.05) is 6.07 Å². The smallest absolute Gasteiger partial charge is 0.224 e. The predicted octanol–water partition coefficient (Wildman–Crippen LogP) is 0.620. The van der Waals surface area contributed by atoms with Crippen molar-refractivity contribution in [1.29, 1.82) is 0 Å². The number of ether oxygens (including phenoxy) is 1. The molecule has 8 nitrogen and oxygen atoms in total. The number of fused-ring (bicyclic) bond motifs is 1. The summed E-state index contributed by atoms with van der Waals surface area (Å²) in [6.07, 6.45) is -2.54. The van der Waals surface area contributed by atoms with Gasteiger partial charge in [0, 0.05) is 11.9 Å². The lowest BCUT2D eigenvalue weighted by Crippen LogP contribution is -2.33. The number of nitrogens with zero attached hydrogens (tertiary/aromatic N) is 2. The van der Waals surface area contributed by atoms with Crippen LogP contribution in [0.3, 0.4) is 0 Å². The number of rotatable bonds is 5. The maximum absolute atomic E-state index is 10.2. The third-order valence-electron chi connectivity index (χ3n) is 5.33. The summed E-state index contributed by atoms with van der Waals surface area (Å²) in [6.45, 7) is 0.316. The normalized spacial score (nSPS) is 33.2. The van der Waals surface area contributed by atoms with Crippen LogP contribution in [0.4, 0.5) is 5.82 Å². The summed E-state index contributed by atoms with van der Waals surface area (Å²) in [5.41, 5.74) is 1.22. The quantitative estimate of drug-likeness (QED) is 0.466. The molecule has 2 heterocycles. The molecule has 4 atom stereocenters. The fourth-order valence-electron chi connectivity index (χ4n) is 3.71. The highest BCUT2D eigenvalue weighted by atomic mass is 35.5. The van der Waals surface area contributed by atoms with Crippen LogP contribution in [0.2, 0.25) is 5.28 Å². The molecule has 1 saturated carbocycles. The van der Waals surface area contributed by atoms with Crippen LogP contribution < -0.4 is 5.32 Å². The van der Waals surface area contributed by atoms with E-state index < -0.39 is 24.4 Å². The summed E-state index contributed by atoms with van der Waals surface area (Å²) in [4.78, 5) is 8.51. The SMILES string of the molecule is OC[C@H]1O[C@@H](c2ccc3c(NCC4CC(O)C4)nc(Cl)nc3c2)[C@H](O)[C@@H]1O. The van der Waals surface area contributed by atoms with Crippen molar-refractivity contribution in [3.63, 3.8) is 0 Å². The van der Waals surface area contributed by atoms with Crippen LogP contribution >= 0.6 is 11.6 Å². The first kappa shape index (κ1) is 18.8. The number of aliphatic hydroxyl groups excluding tert-OH is 4. The molecule has 1 saturated heterocycles. The van der Waals surface area contributed by atoms with E-state index in [0.717, 1.165) is 18.2 Å². The van der Waals surface area contributed by atoms with Crippen LogP contribution in [-0.2, 0) is 4.74 Å². The minimum absolute atomic E-state index is 0.0944. The highest BCUT2D eigenvalue weighted by Gasteiger charge is 2.43. The molecule has 0 radical (unpaired) electrons. The molecule has 146 valence electrons. The van der Waals surface area contributed by atoms with E-state index in [1.54, 1.807) is 12.1 Å². The summed E-state index contributed by atoms with van der Waals surface area (Å²) in [5, 5.41) is 43.0. The van der Waals surface area contributed by atoms with E-state index in [2.05, 4.69) is 15.3 Å². The van der Waals surface area contributed by atoms with Gasteiger partial charge >= 0.3 is 0 Å². The maximum Gasteiger partial charge on any atom is 0.224 e. The second kappa shape index (κ2) is 7.46. The average molecular weight is 396 g/mol. The van der Waals surface area contributed by atoms with E-state index in [-0.39, 0.29) is 18.0 Å². The average Bonchev–Trinajstić information content (AvgIpc) is 2.91. The van der Waals surface area contributed by atoms with Gasteiger partial charge in [-0.25, -0.2) is 9.97 Å². The Bertz CT molecular complexity index is 832. The van der Waals surface area contributed by atoms with Crippen LogP contribution in [0.5, 0.6) is 0 Å². The van der Waals surface area contributed by atoms with Crippen LogP contribution in [0.25, 0.3) is 10.9 Å². The Morgan fingerprint density at radius 1 is 1.15 bits per heavy atom. The summed E-state index contributed by atoms with van der Waals surface area (Å²) in [6, 6.07) is 5.33. The van der Waals surface area contributed by atoms with Gasteiger partial charge in [0.1, 0.15) is 30.2 Å². The first-order valence-electron chi connectivity index (χ1n) is 8.98. The molecule has 1 aromatic heterocycles. The second-order valence-corrected chi connectivity index (χ2v) is 7.59. The number of halogens is 1. The Morgan fingerprint density at radius 3 is 2.59 bits per heavy atom. The molecule has 2 aromatic rings. The van der Waals surface area contributed by atoms with E-state index in [4.69, 9.17) is 16.3 Å². The molecule has 0 amide bonds. The molecule has 1 aliphatic carbocycles. The molecule has 0 unspecified atom stereocenters. The van der Waals surface area contributed by atoms with Gasteiger partial charge < -0.3 is 30.5 Å². The summed E-state index contributed by atoms with van der Waals surface area (Å²) >= 11 is 6.06. The van der Waals surface area contributed by atoms with Gasteiger partial charge in [0.05, 0.1) is 18.2 Å². The maximum atomic E-state index is 10.2. The number of aromatic nitrogens is 2. The Labute approximate surface area is 160 Å². The van der Waals surface area contributed by atoms with Gasteiger partial charge in [-0.15, -0.1) is 0 Å². The molecule has 1 aliphatic heterocycles. The van der Waals surface area contributed by atoms with Crippen molar-refractivity contribution in [3.05, 3.63) is 29.0 Å². The van der Waals surface area contributed by atoms with Gasteiger partial charge in [0.25, 0.3) is 0 Å². The first-order chi connectivity index (χ1) is 13.0. The molecule has 2 fully saturated rings. The molecule has 2 aliphatic rings. The number of nitrogens with one attached hydrogen (secondary N) is 1. The zero-order chi connectivity index (χ0) is 19.1. The topological polar surface area (TPSA) is 128 Å². The van der Waals surface area contributed by atoms with Crippen molar-refractivity contribution in [3.8, 4) is 0 Å². The summed E-state index contributed by atoms with van der Waals surface area (Å²) < 4.78 is 5.58. The van der Waals surface area contributed by atoms with Crippen molar-refractivity contribution < 1.29 is 25.2 Å². The largest absolute Gasteiger partial charge is 0.394 e. The van der Waals surface area contributed by atoms with E-state index in [1.165, 1.54) is 0 Å². The lowest BCUT2D eigenvalue weighted by molar-refractivity contribution is -0.0227. The van der Waals surface area contributed by atoms with E-state index in [9.17, 15) is 20.4 Å². The highest BCUT2D eigenvalue weighted by molar-refractivity contribution is 6.28. The fraction of sp³-hybridized carbons (Fsp3) is 0.556. The van der Waals surface area contributed by atoms with Crippen LogP contribution in [0.15, 0.2) is 18.2 Å². The molecule has 27 heavy (non-hydrogen) atoms. The van der Waals surface area contributed by atoms with Crippen LogP contribution in [0, 0.1) is 5.92 Å². The Kier molecular flexibility index (Phi) is 5.19.